The van der Waals surface area contributed by atoms with Crippen LogP contribution in [0.1, 0.15) is 0 Å². The monoisotopic (exact) mass is 311 g/mol. The van der Waals surface area contributed by atoms with Crippen molar-refractivity contribution in [2.45, 2.75) is 16.4 Å². The quantitative estimate of drug-likeness (QED) is 0.388. The molecule has 0 aliphatic carbocycles. The molecular weight excluding hydrogens is 307 g/mol. The molecule has 98 valence electrons. The number of halogens is 6. The molecule has 1 aliphatic heterocycles. The number of hydrogen-bond donors (Lipinski definition) is 2. The zero-order valence-electron chi connectivity index (χ0n) is 6.93. The summed E-state index contributed by atoms with van der Waals surface area (Å²) in [5.74, 6) is -6.26. The lowest BCUT2D eigenvalue weighted by atomic mass is 10.3. The first-order valence-corrected chi connectivity index (χ1v) is 8.07. The van der Waals surface area contributed by atoms with Crippen molar-refractivity contribution in [2.24, 2.45) is 0 Å². The molecule has 0 aromatic heterocycles. The van der Waals surface area contributed by atoms with Gasteiger partial charge >= 0.3 is 16.4 Å². The van der Waals surface area contributed by atoms with E-state index in [2.05, 4.69) is 0 Å². The molecule has 0 radical (unpaired) electrons. The zero-order chi connectivity index (χ0) is 13.2. The van der Waals surface area contributed by atoms with Crippen LogP contribution in [-0.4, -0.2) is 29.1 Å². The summed E-state index contributed by atoms with van der Waals surface area (Å²) in [6.45, 7) is 0. The summed E-state index contributed by atoms with van der Waals surface area (Å²) >= 11 is 0. The predicted molar refractivity (Wildman–Crippen MR) is 46.1 cm³/mol. The highest BCUT2D eigenvalue weighted by atomic mass is 32.8. The summed E-state index contributed by atoms with van der Waals surface area (Å²) in [6.07, 6.45) is 0. The van der Waals surface area contributed by atoms with Crippen molar-refractivity contribution in [1.29, 1.82) is 0 Å². The maximum absolute atomic E-state index is 12.8. The Morgan fingerprint density at radius 2 is 1.44 bits per heavy atom. The third-order valence-electron chi connectivity index (χ3n) is 1.75. The van der Waals surface area contributed by atoms with Crippen molar-refractivity contribution in [2.75, 3.05) is 0 Å². The van der Waals surface area contributed by atoms with E-state index in [0.717, 1.165) is 0 Å². The Kier molecular flexibility index (Phi) is 2.73. The van der Waals surface area contributed by atoms with Crippen molar-refractivity contribution >= 4 is 28.2 Å². The molecule has 1 unspecified atom stereocenters. The van der Waals surface area contributed by atoms with Crippen LogP contribution in [0.15, 0.2) is 0 Å². The van der Waals surface area contributed by atoms with Crippen LogP contribution >= 0.6 is 8.44 Å². The number of nitrogens with one attached hydrogen (secondary N) is 1. The van der Waals surface area contributed by atoms with E-state index in [1.807, 2.05) is 0 Å². The Morgan fingerprint density at radius 3 is 1.81 bits per heavy atom. The Labute approximate surface area is 88.3 Å². The third-order valence-corrected chi connectivity index (χ3v) is 7.77. The average molecular weight is 311 g/mol. The molecule has 0 aromatic rings. The molecule has 1 fully saturated rings. The normalized spacial score (nSPS) is 35.2. The number of thiol groups is 1. The van der Waals surface area contributed by atoms with E-state index >= 15 is 0 Å². The molecule has 1 N–H and O–H groups in total. The van der Waals surface area contributed by atoms with E-state index < -0.39 is 36.2 Å². The number of alkyl halides is 6. The van der Waals surface area contributed by atoms with Gasteiger partial charge in [0.25, 0.3) is 10.0 Å². The maximum atomic E-state index is 12.8. The summed E-state index contributed by atoms with van der Waals surface area (Å²) in [7, 11) is -11.1. The molecule has 0 spiro atoms. The molecule has 0 aromatic carbocycles. The minimum absolute atomic E-state index is 0.379. The zero-order valence-corrected chi connectivity index (χ0v) is 9.79. The van der Waals surface area contributed by atoms with Crippen LogP contribution < -0.4 is 4.13 Å². The van der Waals surface area contributed by atoms with Gasteiger partial charge < -0.3 is 0 Å². The van der Waals surface area contributed by atoms with E-state index in [9.17, 15) is 39.0 Å². The van der Waals surface area contributed by atoms with Gasteiger partial charge in [0.15, 0.2) is 0 Å². The van der Waals surface area contributed by atoms with Crippen LogP contribution in [0.25, 0.3) is 0 Å². The van der Waals surface area contributed by atoms with Crippen molar-refractivity contribution in [3.63, 3.8) is 0 Å². The lowest BCUT2D eigenvalue weighted by Gasteiger charge is -2.42. The van der Waals surface area contributed by atoms with Gasteiger partial charge in [-0.25, -0.2) is 8.42 Å². The number of rotatable bonds is 0. The van der Waals surface area contributed by atoms with Gasteiger partial charge in [0, 0.05) is 9.74 Å². The molecule has 13 heteroatoms. The molecule has 0 saturated carbocycles. The summed E-state index contributed by atoms with van der Waals surface area (Å²) in [5, 5.41) is -11.7. The molecule has 1 atom stereocenters. The van der Waals surface area contributed by atoms with Crippen LogP contribution in [0.5, 0.6) is 0 Å². The number of hydrogen-bond acceptors (Lipinski definition) is 3. The Bertz CT molecular complexity index is 473. The first-order valence-electron chi connectivity index (χ1n) is 3.26. The van der Waals surface area contributed by atoms with E-state index in [-0.39, 0.29) is 0 Å². The molecule has 16 heavy (non-hydrogen) atoms. The summed E-state index contributed by atoms with van der Waals surface area (Å²) in [5.41, 5.74) is 0. The highest BCUT2D eigenvalue weighted by molar-refractivity contribution is 8.47. The van der Waals surface area contributed by atoms with E-state index in [4.69, 9.17) is 0 Å². The fourth-order valence-corrected chi connectivity index (χ4v) is 6.03. The van der Waals surface area contributed by atoms with Crippen molar-refractivity contribution in [3.8, 4) is 0 Å². The minimum atomic E-state index is -6.26. The Balaban J connectivity index is 3.63. The van der Waals surface area contributed by atoms with Crippen LogP contribution in [0, 0.1) is 0 Å². The molecular formula is C3H4F6NO3PS2. The lowest BCUT2D eigenvalue weighted by molar-refractivity contribution is -0.245. The predicted octanol–water partition coefficient (Wildman–Crippen LogP) is 0.462. The average Bonchev–Trinajstić information content (AvgIpc) is 1.98. The largest absolute Gasteiger partial charge is 0.428 e. The maximum Gasteiger partial charge on any atom is 0.428 e. The highest BCUT2D eigenvalue weighted by Gasteiger charge is 2.84. The van der Waals surface area contributed by atoms with Gasteiger partial charge in [-0.15, -0.1) is 4.13 Å². The van der Waals surface area contributed by atoms with Gasteiger partial charge in [0.2, 0.25) is 0 Å². The fourth-order valence-electron chi connectivity index (χ4n) is 0.846. The molecule has 1 aliphatic rings. The second kappa shape index (κ2) is 3.09. The summed E-state index contributed by atoms with van der Waals surface area (Å²) in [6, 6.07) is 0. The number of sulfonamides is 1. The smallest absolute Gasteiger partial charge is 0.261 e. The van der Waals surface area contributed by atoms with Gasteiger partial charge in [-0.3, -0.25) is 4.21 Å². The molecule has 0 bridgehead atoms. The molecule has 1 saturated heterocycles. The topological polar surface area (TPSA) is 63.2 Å². The molecule has 1 heterocycles. The molecule has 1 rings (SSSR count). The first-order chi connectivity index (χ1) is 6.71. The van der Waals surface area contributed by atoms with Gasteiger partial charge in [0.1, 0.15) is 0 Å². The van der Waals surface area contributed by atoms with Gasteiger partial charge in [0.05, 0.1) is 0 Å². The molecule has 4 nitrogen and oxygen atoms in total. The van der Waals surface area contributed by atoms with Crippen molar-refractivity contribution in [1.82, 2.24) is 4.13 Å². The van der Waals surface area contributed by atoms with Crippen LogP contribution in [0.3, 0.4) is 0 Å². The summed E-state index contributed by atoms with van der Waals surface area (Å²) in [4.78, 5) is 0. The second-order valence-electron chi connectivity index (χ2n) is 2.89. The van der Waals surface area contributed by atoms with Crippen molar-refractivity contribution < 1.29 is 39.0 Å². The fraction of sp³-hybridized carbons (Fsp3) is 1.00. The van der Waals surface area contributed by atoms with Gasteiger partial charge in [-0.05, 0) is 8.44 Å². The Morgan fingerprint density at radius 1 is 1.06 bits per heavy atom. The second-order valence-corrected chi connectivity index (χ2v) is 9.19. The highest BCUT2D eigenvalue weighted by Crippen LogP contribution is 2.57. The first kappa shape index (κ1) is 14.1. The third kappa shape index (κ3) is 1.36. The van der Waals surface area contributed by atoms with E-state index in [1.165, 1.54) is 0 Å². The standard InChI is InChI=1S/C3H4F6NO3PS2/c4-1(5)2(6,7)15(11,12)10-16(13,14)3(1,8)9/h16H,14H2,(H,10,13). The lowest BCUT2D eigenvalue weighted by Crippen LogP contribution is -2.71. The molecule has 0 amide bonds. The summed E-state index contributed by atoms with van der Waals surface area (Å²) < 4.78 is 108. The van der Waals surface area contributed by atoms with Gasteiger partial charge in [-0.2, -0.15) is 26.3 Å². The van der Waals surface area contributed by atoms with Crippen LogP contribution in [0.4, 0.5) is 26.3 Å². The van der Waals surface area contributed by atoms with Gasteiger partial charge in [-0.1, -0.05) is 0 Å². The van der Waals surface area contributed by atoms with E-state index in [0.29, 0.717) is 12.6 Å². The van der Waals surface area contributed by atoms with Crippen LogP contribution in [-0.2, 0) is 19.8 Å². The minimum Gasteiger partial charge on any atom is -0.261 e. The Hall–Kier alpha value is 0.0700. The van der Waals surface area contributed by atoms with Crippen molar-refractivity contribution in [3.05, 3.63) is 0 Å². The SMILES string of the molecule is O=S1(=O)N[SH](=O)(P)C(F)(F)C(F)(F)C1(F)F. The van der Waals surface area contributed by atoms with Crippen LogP contribution in [0.2, 0.25) is 0 Å². The van der Waals surface area contributed by atoms with E-state index in [1.54, 1.807) is 0 Å².